The van der Waals surface area contributed by atoms with Crippen LogP contribution in [-0.2, 0) is 116 Å². The average Bonchev–Trinajstić information content (AvgIpc) is 0.820. The molecule has 1 unspecified atom stereocenters. The summed E-state index contributed by atoms with van der Waals surface area (Å²) in [6, 6.07) is 6.34. The van der Waals surface area contributed by atoms with Crippen molar-refractivity contribution in [2.24, 2.45) is 0 Å². The number of benzene rings is 1. The number of aliphatic hydroxyl groups is 9. The number of hydrogen-bond donors (Lipinski definition) is 17. The fourth-order valence-electron chi connectivity index (χ4n) is 12.1. The lowest BCUT2D eigenvalue weighted by Gasteiger charge is -2.42. The van der Waals surface area contributed by atoms with Gasteiger partial charge in [0.05, 0.1) is 171 Å². The highest BCUT2D eigenvalue weighted by Gasteiger charge is 2.48. The largest absolute Gasteiger partial charge is 0.436 e. The standard InChI is InChI=1S/C75H129N10O33P/c1-48(2)85(49(3)4)119(114-24-8-19-76)118-55-12-9-53(10-13-55)11-14-59(93)78-21-30-105-34-33-103-26-18-62(96)84-75(46-109-27-16-60(94)79-22-31-106-36-39-112-73-64(82-51(6)90)70(101)67(98)57(43-87)116-73,47-110-28-17-61(95)80-23-32-107-37-40-113-74-65(83-52(7)91)71(102)68(99)58(44-88)117-74)45-108-25-15-54(92)41-77-20-29-104-35-38-111-72-63(81-50(5)89)69(100)66(97)56(42-86)115-72/h9-10,12-13,48-49,56-58,63-74,77,86-88,97-102H,8,11,14-18,20-47H2,1-7H3,(H,78,93)(H,79,94)(H,80,95)(H,81,89)(H,82,90)(H,83,91)(H,84,96)/t56-,57-,58-,63-,64-,65-,66+,67+,68+,69-,70-,71-,72-,73-,74-,119?/m1/s1. The summed E-state index contributed by atoms with van der Waals surface area (Å²) < 4.78 is 94.5. The van der Waals surface area contributed by atoms with Crippen LogP contribution in [0.1, 0.15) is 92.6 Å². The summed E-state index contributed by atoms with van der Waals surface area (Å²) in [5.41, 5.74) is -0.614. The lowest BCUT2D eigenvalue weighted by atomic mass is 9.97. The third-order valence-corrected chi connectivity index (χ3v) is 20.1. The summed E-state index contributed by atoms with van der Waals surface area (Å²) in [6.45, 7) is 9.24. The Morgan fingerprint density at radius 2 is 0.824 bits per heavy atom. The first kappa shape index (κ1) is 105. The predicted octanol–water partition coefficient (Wildman–Crippen LogP) is -5.79. The van der Waals surface area contributed by atoms with Crippen LogP contribution >= 0.6 is 8.53 Å². The van der Waals surface area contributed by atoms with Gasteiger partial charge in [-0.2, -0.15) is 5.26 Å². The summed E-state index contributed by atoms with van der Waals surface area (Å²) in [6.07, 6.45) is -16.0. The van der Waals surface area contributed by atoms with Crippen LogP contribution in [0.25, 0.3) is 0 Å². The van der Waals surface area contributed by atoms with Gasteiger partial charge in [0.1, 0.15) is 90.1 Å². The van der Waals surface area contributed by atoms with Crippen LogP contribution in [0.15, 0.2) is 24.3 Å². The van der Waals surface area contributed by atoms with E-state index >= 15 is 0 Å². The van der Waals surface area contributed by atoms with Crippen LogP contribution in [0.5, 0.6) is 5.75 Å². The molecule has 43 nitrogen and oxygen atoms in total. The summed E-state index contributed by atoms with van der Waals surface area (Å²) >= 11 is 0. The number of nitriles is 1. The Kier molecular flexibility index (Phi) is 53.4. The van der Waals surface area contributed by atoms with Crippen molar-refractivity contribution in [3.05, 3.63) is 29.8 Å². The van der Waals surface area contributed by atoms with E-state index in [0.717, 1.165) is 5.56 Å². The SMILES string of the molecule is CC(=O)N[C@H]1[C@H](OCCOCCNCC(=O)CCOCC(COCCC(=O)NCCOCCO[C@@H]2O[C@H](CO)[C@H](O)[C@H](O)[C@H]2NC(C)=O)(COCCC(=O)NCCOCCO[C@@H]2O[C@H](CO)[C@H](O)[C@H](O)[C@H]2NC(C)=O)NC(=O)CCOCCOCCNC(=O)CCc2ccc(OP(OCCC#N)N(C(C)C)C(C)C)cc2)O[C@H](CO)[C@H](O)[C@@H]1O. The molecule has 17 N–H and O–H groups in total. The number of amides is 7. The molecule has 3 heterocycles. The van der Waals surface area contributed by atoms with Crippen LogP contribution in [0, 0.1) is 11.3 Å². The maximum Gasteiger partial charge on any atom is 0.321 e. The van der Waals surface area contributed by atoms with Gasteiger partial charge in [-0.15, -0.1) is 0 Å². The molecule has 0 aliphatic carbocycles. The highest BCUT2D eigenvalue weighted by atomic mass is 31.2. The van der Waals surface area contributed by atoms with E-state index in [9.17, 15) is 84.3 Å². The van der Waals surface area contributed by atoms with E-state index in [4.69, 9.17) is 80.6 Å². The summed E-state index contributed by atoms with van der Waals surface area (Å²) in [5.74, 6) is -2.87. The molecule has 0 aromatic heterocycles. The number of Topliss-reactive ketones (excluding diaryl/α,β-unsaturated/α-hetero) is 1. The molecule has 1 aromatic carbocycles. The molecule has 3 aliphatic heterocycles. The van der Waals surface area contributed by atoms with E-state index in [-0.39, 0.29) is 227 Å². The van der Waals surface area contributed by atoms with Crippen molar-refractivity contribution >= 4 is 55.7 Å². The molecule has 7 amide bonds. The van der Waals surface area contributed by atoms with Crippen molar-refractivity contribution in [3.63, 3.8) is 0 Å². The lowest BCUT2D eigenvalue weighted by molar-refractivity contribution is -0.272. The molecular weight excluding hydrogens is 1600 g/mol. The van der Waals surface area contributed by atoms with E-state index in [0.29, 0.717) is 12.2 Å². The maximum absolute atomic E-state index is 14.0. The lowest BCUT2D eigenvalue weighted by Crippen LogP contribution is -2.64. The van der Waals surface area contributed by atoms with Gasteiger partial charge in [-0.1, -0.05) is 12.1 Å². The Balaban J connectivity index is 1.34. The quantitative estimate of drug-likeness (QED) is 0.0213. The molecule has 3 fully saturated rings. The van der Waals surface area contributed by atoms with Crippen LogP contribution in [0.4, 0.5) is 0 Å². The van der Waals surface area contributed by atoms with Gasteiger partial charge in [0.25, 0.3) is 0 Å². The average molecular weight is 1730 g/mol. The van der Waals surface area contributed by atoms with Crippen molar-refractivity contribution < 1.29 is 160 Å². The second kappa shape index (κ2) is 60.4. The molecule has 16 atom stereocenters. The number of ketones is 1. The molecule has 4 rings (SSSR count). The molecule has 1 aromatic rings. The normalized spacial score (nSPS) is 23.5. The molecule has 682 valence electrons. The van der Waals surface area contributed by atoms with Crippen molar-refractivity contribution in [1.29, 1.82) is 5.26 Å². The molecule has 119 heavy (non-hydrogen) atoms. The third-order valence-electron chi connectivity index (χ3n) is 18.0. The fourth-order valence-corrected chi connectivity index (χ4v) is 13.7. The van der Waals surface area contributed by atoms with Crippen LogP contribution in [-0.4, -0.2) is 392 Å². The van der Waals surface area contributed by atoms with Crippen LogP contribution in [0.2, 0.25) is 0 Å². The second-order valence-electron chi connectivity index (χ2n) is 28.5. The minimum Gasteiger partial charge on any atom is -0.436 e. The van der Waals surface area contributed by atoms with Gasteiger partial charge in [0.15, 0.2) is 18.9 Å². The highest BCUT2D eigenvalue weighted by molar-refractivity contribution is 7.45. The Hall–Kier alpha value is -6.14. The van der Waals surface area contributed by atoms with Gasteiger partial charge < -0.3 is 164 Å². The molecule has 3 aliphatic rings. The molecule has 3 saturated heterocycles. The molecule has 0 spiro atoms. The van der Waals surface area contributed by atoms with Crippen LogP contribution < -0.4 is 47.1 Å². The Morgan fingerprint density at radius 3 is 1.21 bits per heavy atom. The number of carbonyl (C=O) groups is 8. The minimum atomic E-state index is -1.53. The first-order chi connectivity index (χ1) is 57.1. The number of aryl methyl sites for hydroxylation is 1. The summed E-state index contributed by atoms with van der Waals surface area (Å²) in [4.78, 5) is 102. The van der Waals surface area contributed by atoms with Crippen molar-refractivity contribution in [3.8, 4) is 11.8 Å². The molecule has 44 heteroatoms. The number of aliphatic hydroxyl groups excluding tert-OH is 9. The van der Waals surface area contributed by atoms with E-state index in [2.05, 4.69) is 81.0 Å². The first-order valence-corrected chi connectivity index (χ1v) is 41.0. The Bertz CT molecular complexity index is 3000. The zero-order chi connectivity index (χ0) is 87.5. The summed E-state index contributed by atoms with van der Waals surface area (Å²) in [7, 11) is -1.49. The number of rotatable bonds is 65. The zero-order valence-corrected chi connectivity index (χ0v) is 69.9. The van der Waals surface area contributed by atoms with Crippen LogP contribution in [0.3, 0.4) is 0 Å². The Morgan fingerprint density at radius 1 is 0.462 bits per heavy atom. The van der Waals surface area contributed by atoms with Gasteiger partial charge in [-0.25, -0.2) is 4.67 Å². The van der Waals surface area contributed by atoms with Gasteiger partial charge in [0.2, 0.25) is 41.4 Å². The minimum absolute atomic E-state index is 0.0190. The topological polar surface area (TPSA) is 590 Å². The van der Waals surface area contributed by atoms with E-state index in [1.165, 1.54) is 20.8 Å². The van der Waals surface area contributed by atoms with Gasteiger partial charge in [-0.3, -0.25) is 38.4 Å². The maximum atomic E-state index is 14.0. The zero-order valence-electron chi connectivity index (χ0n) is 69.0. The highest BCUT2D eigenvalue weighted by Crippen LogP contribution is 2.46. The second-order valence-corrected chi connectivity index (χ2v) is 29.9. The number of carbonyl (C=O) groups excluding carboxylic acids is 8. The smallest absolute Gasteiger partial charge is 0.321 e. The predicted molar refractivity (Wildman–Crippen MR) is 417 cm³/mol. The van der Waals surface area contributed by atoms with E-state index < -0.39 is 161 Å². The molecule has 0 saturated carbocycles. The van der Waals surface area contributed by atoms with Crippen molar-refractivity contribution in [2.45, 2.75) is 203 Å². The number of ether oxygens (including phenoxy) is 14. The molecular formula is C75H129N10O33P. The third kappa shape index (κ3) is 41.7. The number of nitrogens with zero attached hydrogens (tertiary/aromatic N) is 2. The number of hydrogen-bond acceptors (Lipinski definition) is 36. The van der Waals surface area contributed by atoms with Gasteiger partial charge >= 0.3 is 8.53 Å². The van der Waals surface area contributed by atoms with E-state index in [1.54, 1.807) is 0 Å². The van der Waals surface area contributed by atoms with Gasteiger partial charge in [-0.05, 0) is 51.8 Å². The Labute approximate surface area is 694 Å². The first-order valence-electron chi connectivity index (χ1n) is 39.9. The van der Waals surface area contributed by atoms with Crippen molar-refractivity contribution in [1.82, 2.24) is 47.2 Å². The van der Waals surface area contributed by atoms with Gasteiger partial charge in [0, 0.05) is 91.1 Å². The van der Waals surface area contributed by atoms with E-state index in [1.807, 2.05) is 24.3 Å². The fraction of sp³-hybridized carbons (Fsp3) is 0.800. The van der Waals surface area contributed by atoms with Crippen molar-refractivity contribution in [2.75, 3.05) is 185 Å². The monoisotopic (exact) mass is 1730 g/mol. The number of nitrogens with one attached hydrogen (secondary N) is 8. The molecule has 0 radical (unpaired) electrons. The molecule has 0 bridgehead atoms. The summed E-state index contributed by atoms with van der Waals surface area (Å²) in [5, 5.41) is 122.